The third kappa shape index (κ3) is 8.43. The van der Waals surface area contributed by atoms with Crippen LogP contribution in [0.5, 0.6) is 0 Å². The molecule has 0 bridgehead atoms. The number of carbonyl (C=O) groups excluding carboxylic acids is 1. The van der Waals surface area contributed by atoms with Crippen molar-refractivity contribution >= 4 is 5.91 Å². The lowest BCUT2D eigenvalue weighted by Crippen LogP contribution is -2.43. The summed E-state index contributed by atoms with van der Waals surface area (Å²) in [5, 5.41) is 12.6. The number of amides is 1. The molecule has 1 amide bonds. The number of nitrogens with one attached hydrogen (secondary N) is 1. The number of hydrogen-bond acceptors (Lipinski definition) is 6. The number of carbonyl (C=O) groups is 1. The first-order valence-corrected chi connectivity index (χ1v) is 16.6. The van der Waals surface area contributed by atoms with Crippen molar-refractivity contribution in [3.05, 3.63) is 161 Å². The van der Waals surface area contributed by atoms with Gasteiger partial charge in [-0.25, -0.2) is 0 Å². The molecule has 4 atom stereocenters. The topological polar surface area (TPSA) is 83.9 Å². The van der Waals surface area contributed by atoms with Crippen molar-refractivity contribution in [3.8, 4) is 11.1 Å². The van der Waals surface area contributed by atoms with Crippen molar-refractivity contribution < 1.29 is 19.4 Å². The summed E-state index contributed by atoms with van der Waals surface area (Å²) in [5.41, 5.74) is 7.79. The molecule has 0 radical (unpaired) electrons. The molecule has 0 aliphatic carbocycles. The van der Waals surface area contributed by atoms with Crippen LogP contribution in [0.4, 0.5) is 0 Å². The first-order valence-electron chi connectivity index (χ1n) is 16.6. The molecule has 246 valence electrons. The van der Waals surface area contributed by atoms with Gasteiger partial charge in [-0.05, 0) is 65.2 Å². The molecular weight excluding hydrogens is 598 g/mol. The molecule has 0 spiro atoms. The Morgan fingerprint density at radius 1 is 0.812 bits per heavy atom. The average molecular weight is 642 g/mol. The minimum Gasteiger partial charge on any atom is -0.392 e. The van der Waals surface area contributed by atoms with Crippen molar-refractivity contribution in [2.75, 3.05) is 20.1 Å². The molecule has 7 nitrogen and oxygen atoms in total. The maximum atomic E-state index is 12.5. The number of ether oxygens (including phenoxy) is 2. The molecule has 1 aliphatic heterocycles. The quantitative estimate of drug-likeness (QED) is 0.151. The molecule has 1 fully saturated rings. The molecule has 0 saturated carbocycles. The molecule has 1 aromatic heterocycles. The summed E-state index contributed by atoms with van der Waals surface area (Å²) < 4.78 is 13.4. The zero-order valence-electron chi connectivity index (χ0n) is 27.5. The van der Waals surface area contributed by atoms with E-state index < -0.39 is 6.29 Å². The van der Waals surface area contributed by atoms with Gasteiger partial charge in [-0.3, -0.25) is 9.78 Å². The molecule has 4 aromatic carbocycles. The fourth-order valence-corrected chi connectivity index (χ4v) is 6.15. The van der Waals surface area contributed by atoms with Crippen LogP contribution in [0.3, 0.4) is 0 Å². The van der Waals surface area contributed by atoms with Gasteiger partial charge in [-0.15, -0.1) is 0 Å². The number of aromatic nitrogens is 1. The highest BCUT2D eigenvalue weighted by Crippen LogP contribution is 2.42. The second kappa shape index (κ2) is 16.0. The molecule has 48 heavy (non-hydrogen) atoms. The highest BCUT2D eigenvalue weighted by Gasteiger charge is 2.38. The highest BCUT2D eigenvalue weighted by molar-refractivity contribution is 5.94. The minimum atomic E-state index is -0.536. The lowest BCUT2D eigenvalue weighted by molar-refractivity contribution is -0.275. The van der Waals surface area contributed by atoms with Gasteiger partial charge in [-0.1, -0.05) is 97.9 Å². The van der Waals surface area contributed by atoms with E-state index >= 15 is 0 Å². The summed E-state index contributed by atoms with van der Waals surface area (Å²) in [4.78, 5) is 19.3. The number of aliphatic hydroxyl groups is 1. The summed E-state index contributed by atoms with van der Waals surface area (Å²) in [7, 11) is 2.13. The largest absolute Gasteiger partial charge is 0.392 e. The van der Waals surface area contributed by atoms with Crippen LogP contribution in [0.15, 0.2) is 128 Å². The second-order valence-electron chi connectivity index (χ2n) is 12.5. The summed E-state index contributed by atoms with van der Waals surface area (Å²) in [6, 6.07) is 39.9. The van der Waals surface area contributed by atoms with E-state index in [1.165, 1.54) is 0 Å². The summed E-state index contributed by atoms with van der Waals surface area (Å²) in [6.45, 7) is 4.27. The number of hydrogen-bond donors (Lipinski definition) is 2. The smallest absolute Gasteiger partial charge is 0.251 e. The average Bonchev–Trinajstić information content (AvgIpc) is 3.15. The van der Waals surface area contributed by atoms with Gasteiger partial charge in [0.25, 0.3) is 5.91 Å². The van der Waals surface area contributed by atoms with Crippen LogP contribution < -0.4 is 5.32 Å². The van der Waals surface area contributed by atoms with Crippen molar-refractivity contribution in [3.63, 3.8) is 0 Å². The van der Waals surface area contributed by atoms with Crippen molar-refractivity contribution in [2.45, 2.75) is 45.0 Å². The first kappa shape index (κ1) is 33.2. The van der Waals surface area contributed by atoms with Gasteiger partial charge in [0.05, 0.1) is 18.8 Å². The standard InChI is InChI=1S/C41H43N3O4/c1-29-38(27-44(2)24-22-37-13-6-7-23-42-37)47-41(48-39(29)33-16-14-30(28-45)15-17-33)35-20-18-32(19-21-35)36-12-8-9-31(25-36)26-43-40(46)34-10-4-3-5-11-34/h3-21,23,25,29,38-39,41,45H,22,24,26-28H2,1-2H3,(H,43,46)/t29-,38+,39+,41+/m0/s1. The number of benzene rings is 4. The van der Waals surface area contributed by atoms with E-state index in [1.54, 1.807) is 0 Å². The molecule has 0 unspecified atom stereocenters. The zero-order chi connectivity index (χ0) is 33.3. The summed E-state index contributed by atoms with van der Waals surface area (Å²) in [5.74, 6) is 0.00965. The van der Waals surface area contributed by atoms with Gasteiger partial charge in [-0.2, -0.15) is 0 Å². The molecule has 2 N–H and O–H groups in total. The number of nitrogens with zero attached hydrogens (tertiary/aromatic N) is 2. The van der Waals surface area contributed by atoms with Crippen LogP contribution in [0.25, 0.3) is 11.1 Å². The molecular formula is C41H43N3O4. The van der Waals surface area contributed by atoms with Crippen LogP contribution in [-0.4, -0.2) is 47.1 Å². The number of likely N-dealkylation sites (N-methyl/N-ethyl adjacent to an activating group) is 1. The first-order chi connectivity index (χ1) is 23.5. The van der Waals surface area contributed by atoms with E-state index in [-0.39, 0.29) is 30.6 Å². The van der Waals surface area contributed by atoms with E-state index in [1.807, 2.05) is 72.9 Å². The third-order valence-electron chi connectivity index (χ3n) is 9.02. The fraction of sp³-hybridized carbons (Fsp3) is 0.268. The minimum absolute atomic E-state index is 0.00830. The van der Waals surface area contributed by atoms with Gasteiger partial charge in [0, 0.05) is 55.0 Å². The van der Waals surface area contributed by atoms with E-state index in [4.69, 9.17) is 9.47 Å². The lowest BCUT2D eigenvalue weighted by atomic mass is 9.90. The second-order valence-corrected chi connectivity index (χ2v) is 12.5. The molecule has 7 heteroatoms. The Morgan fingerprint density at radius 3 is 2.29 bits per heavy atom. The van der Waals surface area contributed by atoms with Gasteiger partial charge in [0.15, 0.2) is 6.29 Å². The van der Waals surface area contributed by atoms with Gasteiger partial charge >= 0.3 is 0 Å². The maximum Gasteiger partial charge on any atom is 0.251 e. The molecule has 1 saturated heterocycles. The number of pyridine rings is 1. The fourth-order valence-electron chi connectivity index (χ4n) is 6.15. The lowest BCUT2D eigenvalue weighted by Gasteiger charge is -2.42. The Balaban J connectivity index is 1.16. The maximum absolute atomic E-state index is 12.5. The Hall–Kier alpha value is -4.66. The predicted molar refractivity (Wildman–Crippen MR) is 188 cm³/mol. The van der Waals surface area contributed by atoms with E-state index in [2.05, 4.69) is 83.8 Å². The summed E-state index contributed by atoms with van der Waals surface area (Å²) >= 11 is 0. The highest BCUT2D eigenvalue weighted by atomic mass is 16.7. The van der Waals surface area contributed by atoms with Crippen LogP contribution in [-0.2, 0) is 29.0 Å². The number of rotatable bonds is 12. The number of aliphatic hydroxyl groups excluding tert-OH is 1. The van der Waals surface area contributed by atoms with Crippen LogP contribution in [0.2, 0.25) is 0 Å². The van der Waals surface area contributed by atoms with E-state index in [9.17, 15) is 9.90 Å². The van der Waals surface area contributed by atoms with Gasteiger partial charge in [0.2, 0.25) is 0 Å². The van der Waals surface area contributed by atoms with Crippen LogP contribution >= 0.6 is 0 Å². The van der Waals surface area contributed by atoms with Crippen molar-refractivity contribution in [1.82, 2.24) is 15.2 Å². The van der Waals surface area contributed by atoms with E-state index in [0.717, 1.165) is 58.6 Å². The van der Waals surface area contributed by atoms with Crippen molar-refractivity contribution in [1.29, 1.82) is 0 Å². The monoisotopic (exact) mass is 641 g/mol. The Morgan fingerprint density at radius 2 is 1.56 bits per heavy atom. The van der Waals surface area contributed by atoms with Gasteiger partial charge < -0.3 is 24.8 Å². The third-order valence-corrected chi connectivity index (χ3v) is 9.02. The zero-order valence-corrected chi connectivity index (χ0v) is 27.5. The predicted octanol–water partition coefficient (Wildman–Crippen LogP) is 7.14. The molecule has 5 aromatic rings. The molecule has 6 rings (SSSR count). The van der Waals surface area contributed by atoms with E-state index in [0.29, 0.717) is 12.1 Å². The SMILES string of the molecule is C[C@H]1[C@@H](CN(C)CCc2ccccn2)O[C@@H](c2ccc(-c3cccc(CNC(=O)c4ccccc4)c3)cc2)O[C@H]1c1ccc(CO)cc1. The Labute approximate surface area is 283 Å². The van der Waals surface area contributed by atoms with Gasteiger partial charge in [0.1, 0.15) is 0 Å². The van der Waals surface area contributed by atoms with Crippen LogP contribution in [0, 0.1) is 5.92 Å². The molecule has 1 aliphatic rings. The van der Waals surface area contributed by atoms with Crippen molar-refractivity contribution in [2.24, 2.45) is 5.92 Å². The Kier molecular flexibility index (Phi) is 11.1. The normalized spacial score (nSPS) is 19.2. The Bertz CT molecular complexity index is 1750. The summed E-state index contributed by atoms with van der Waals surface area (Å²) in [6.07, 6.45) is 1.93. The molecule has 2 heterocycles. The van der Waals surface area contributed by atoms with Crippen LogP contribution in [0.1, 0.15) is 57.6 Å².